The Balaban J connectivity index is 2.03. The molecule has 0 aromatic heterocycles. The molecule has 0 aliphatic carbocycles. The van der Waals surface area contributed by atoms with Crippen LogP contribution in [0.5, 0.6) is 0 Å². The Kier molecular flexibility index (Phi) is 4.94. The van der Waals surface area contributed by atoms with Crippen molar-refractivity contribution in [3.63, 3.8) is 0 Å². The van der Waals surface area contributed by atoms with Crippen LogP contribution in [0.2, 0.25) is 5.02 Å². The van der Waals surface area contributed by atoms with Crippen LogP contribution in [0.1, 0.15) is 21.5 Å². The van der Waals surface area contributed by atoms with Crippen LogP contribution in [0.4, 0.5) is 5.69 Å². The van der Waals surface area contributed by atoms with E-state index in [0.717, 1.165) is 16.8 Å². The molecule has 0 saturated carbocycles. The fourth-order valence-electron chi connectivity index (χ4n) is 1.76. The van der Waals surface area contributed by atoms with Crippen LogP contribution in [0.25, 0.3) is 0 Å². The molecular formula is C16H15ClN2OS. The zero-order valence-corrected chi connectivity index (χ0v) is 13.3. The highest BCUT2D eigenvalue weighted by atomic mass is 35.5. The van der Waals surface area contributed by atoms with E-state index in [-0.39, 0.29) is 11.0 Å². The summed E-state index contributed by atoms with van der Waals surface area (Å²) in [6.07, 6.45) is 0. The van der Waals surface area contributed by atoms with E-state index in [1.165, 1.54) is 0 Å². The molecule has 2 aromatic carbocycles. The summed E-state index contributed by atoms with van der Waals surface area (Å²) in [6, 6.07) is 12.7. The van der Waals surface area contributed by atoms with E-state index in [0.29, 0.717) is 10.6 Å². The Morgan fingerprint density at radius 3 is 2.43 bits per heavy atom. The average molecular weight is 319 g/mol. The van der Waals surface area contributed by atoms with Crippen LogP contribution in [0, 0.1) is 13.8 Å². The normalized spacial score (nSPS) is 10.0. The minimum absolute atomic E-state index is 0.242. The minimum Gasteiger partial charge on any atom is -0.332 e. The summed E-state index contributed by atoms with van der Waals surface area (Å²) in [5, 5.41) is 6.48. The van der Waals surface area contributed by atoms with Gasteiger partial charge in [-0.25, -0.2) is 0 Å². The predicted octanol–water partition coefficient (Wildman–Crippen LogP) is 4.08. The standard InChI is InChI=1S/C16H15ClN2OS/c1-10-3-6-12(7-4-10)15(20)19-16(21)18-14-9-13(17)8-5-11(14)2/h3-9H,1-2H3,(H2,18,19,20,21). The number of nitrogens with one attached hydrogen (secondary N) is 2. The molecule has 2 N–H and O–H groups in total. The lowest BCUT2D eigenvalue weighted by Gasteiger charge is -2.12. The van der Waals surface area contributed by atoms with Gasteiger partial charge >= 0.3 is 0 Å². The van der Waals surface area contributed by atoms with Gasteiger partial charge in [-0.3, -0.25) is 10.1 Å². The fraction of sp³-hybridized carbons (Fsp3) is 0.125. The van der Waals surface area contributed by atoms with Gasteiger partial charge in [-0.1, -0.05) is 35.4 Å². The van der Waals surface area contributed by atoms with Crippen LogP contribution in [-0.4, -0.2) is 11.0 Å². The van der Waals surface area contributed by atoms with Crippen molar-refractivity contribution in [2.24, 2.45) is 0 Å². The average Bonchev–Trinajstić information content (AvgIpc) is 2.43. The summed E-state index contributed by atoms with van der Waals surface area (Å²) in [5.74, 6) is -0.243. The Labute approximate surface area is 134 Å². The first-order chi connectivity index (χ1) is 9.95. The number of amides is 1. The van der Waals surface area contributed by atoms with Crippen molar-refractivity contribution in [1.82, 2.24) is 5.32 Å². The summed E-state index contributed by atoms with van der Waals surface area (Å²) in [4.78, 5) is 12.0. The van der Waals surface area contributed by atoms with E-state index in [4.69, 9.17) is 23.8 Å². The molecule has 0 unspecified atom stereocenters. The second-order valence-electron chi connectivity index (χ2n) is 4.73. The molecule has 3 nitrogen and oxygen atoms in total. The number of halogens is 1. The Bertz CT molecular complexity index is 683. The summed E-state index contributed by atoms with van der Waals surface area (Å²) < 4.78 is 0. The smallest absolute Gasteiger partial charge is 0.257 e. The molecule has 5 heteroatoms. The highest BCUT2D eigenvalue weighted by molar-refractivity contribution is 7.80. The maximum atomic E-state index is 12.0. The quantitative estimate of drug-likeness (QED) is 0.820. The molecule has 0 bridgehead atoms. The lowest BCUT2D eigenvalue weighted by Crippen LogP contribution is -2.34. The van der Waals surface area contributed by atoms with E-state index in [1.807, 2.05) is 32.0 Å². The number of benzene rings is 2. The van der Waals surface area contributed by atoms with Crippen LogP contribution in [-0.2, 0) is 0 Å². The molecule has 1 amide bonds. The summed E-state index contributed by atoms with van der Waals surface area (Å²) in [7, 11) is 0. The number of anilines is 1. The fourth-order valence-corrected chi connectivity index (χ4v) is 2.14. The lowest BCUT2D eigenvalue weighted by atomic mass is 10.1. The topological polar surface area (TPSA) is 41.1 Å². The van der Waals surface area contributed by atoms with Crippen molar-refractivity contribution >= 4 is 40.5 Å². The molecule has 0 saturated heterocycles. The molecule has 2 aromatic rings. The molecule has 2 rings (SSSR count). The maximum absolute atomic E-state index is 12.0. The third-order valence-electron chi connectivity index (χ3n) is 2.99. The van der Waals surface area contributed by atoms with Gasteiger partial charge in [0.25, 0.3) is 5.91 Å². The van der Waals surface area contributed by atoms with Crippen molar-refractivity contribution in [3.8, 4) is 0 Å². The minimum atomic E-state index is -0.243. The molecule has 21 heavy (non-hydrogen) atoms. The van der Waals surface area contributed by atoms with Crippen molar-refractivity contribution in [2.75, 3.05) is 5.32 Å². The maximum Gasteiger partial charge on any atom is 0.257 e. The van der Waals surface area contributed by atoms with Gasteiger partial charge in [0.15, 0.2) is 5.11 Å². The van der Waals surface area contributed by atoms with E-state index >= 15 is 0 Å². The van der Waals surface area contributed by atoms with Crippen molar-refractivity contribution in [3.05, 3.63) is 64.2 Å². The van der Waals surface area contributed by atoms with Crippen LogP contribution >= 0.6 is 23.8 Å². The first-order valence-corrected chi connectivity index (χ1v) is 7.19. The first-order valence-electron chi connectivity index (χ1n) is 6.41. The summed E-state index contributed by atoms with van der Waals surface area (Å²) in [6.45, 7) is 3.90. The zero-order valence-electron chi connectivity index (χ0n) is 11.7. The highest BCUT2D eigenvalue weighted by Gasteiger charge is 2.08. The van der Waals surface area contributed by atoms with Crippen molar-refractivity contribution < 1.29 is 4.79 Å². The number of carbonyl (C=O) groups is 1. The molecule has 108 valence electrons. The molecule has 0 atom stereocenters. The van der Waals surface area contributed by atoms with Crippen LogP contribution in [0.15, 0.2) is 42.5 Å². The molecule has 0 heterocycles. The summed E-state index contributed by atoms with van der Waals surface area (Å²) >= 11 is 11.1. The largest absolute Gasteiger partial charge is 0.332 e. The number of thiocarbonyl (C=S) groups is 1. The number of carbonyl (C=O) groups excluding carboxylic acids is 1. The van der Waals surface area contributed by atoms with Crippen LogP contribution in [0.3, 0.4) is 0 Å². The Hall–Kier alpha value is -1.91. The third-order valence-corrected chi connectivity index (χ3v) is 3.43. The third kappa shape index (κ3) is 4.28. The van der Waals surface area contributed by atoms with Gasteiger partial charge in [0.05, 0.1) is 0 Å². The zero-order chi connectivity index (χ0) is 15.4. The number of hydrogen-bond donors (Lipinski definition) is 2. The van der Waals surface area contributed by atoms with Gasteiger partial charge in [-0.05, 0) is 55.9 Å². The van der Waals surface area contributed by atoms with Gasteiger partial charge in [0.2, 0.25) is 0 Å². The number of aryl methyl sites for hydroxylation is 2. The Morgan fingerprint density at radius 2 is 1.76 bits per heavy atom. The second-order valence-corrected chi connectivity index (χ2v) is 5.58. The van der Waals surface area contributed by atoms with Gasteiger partial charge in [-0.2, -0.15) is 0 Å². The molecule has 0 radical (unpaired) electrons. The van der Waals surface area contributed by atoms with E-state index in [2.05, 4.69) is 10.6 Å². The van der Waals surface area contributed by atoms with Gasteiger partial charge in [0.1, 0.15) is 0 Å². The highest BCUT2D eigenvalue weighted by Crippen LogP contribution is 2.20. The Morgan fingerprint density at radius 1 is 1.10 bits per heavy atom. The van der Waals surface area contributed by atoms with E-state index < -0.39 is 0 Å². The molecule has 0 aliphatic rings. The summed E-state index contributed by atoms with van der Waals surface area (Å²) in [5.41, 5.74) is 3.43. The van der Waals surface area contributed by atoms with E-state index in [9.17, 15) is 4.79 Å². The first kappa shape index (κ1) is 15.5. The predicted molar refractivity (Wildman–Crippen MR) is 91.1 cm³/mol. The number of hydrogen-bond acceptors (Lipinski definition) is 2. The van der Waals surface area contributed by atoms with Crippen LogP contribution < -0.4 is 10.6 Å². The molecule has 0 aliphatic heterocycles. The van der Waals surface area contributed by atoms with Gasteiger partial charge in [-0.15, -0.1) is 0 Å². The molecular weight excluding hydrogens is 304 g/mol. The van der Waals surface area contributed by atoms with Gasteiger partial charge in [0, 0.05) is 16.3 Å². The van der Waals surface area contributed by atoms with Gasteiger partial charge < -0.3 is 5.32 Å². The van der Waals surface area contributed by atoms with E-state index in [1.54, 1.807) is 24.3 Å². The monoisotopic (exact) mass is 318 g/mol. The lowest BCUT2D eigenvalue weighted by molar-refractivity contribution is 0.0978. The molecule has 0 spiro atoms. The van der Waals surface area contributed by atoms with Crippen molar-refractivity contribution in [1.29, 1.82) is 0 Å². The SMILES string of the molecule is Cc1ccc(C(=O)NC(=S)Nc2cc(Cl)ccc2C)cc1. The van der Waals surface area contributed by atoms with Crippen molar-refractivity contribution in [2.45, 2.75) is 13.8 Å². The molecule has 0 fully saturated rings. The number of rotatable bonds is 2. The second kappa shape index (κ2) is 6.70.